The first kappa shape index (κ1) is 22.2. The molecule has 3 rings (SSSR count). The SMILES string of the molecule is CC(C)N(Cc1ccccc1)S(=O)(=O)c1ccc(NC(=O)NCC2CNNC2)cc1. The van der Waals surface area contributed by atoms with E-state index >= 15 is 0 Å². The first-order chi connectivity index (χ1) is 14.4. The van der Waals surface area contributed by atoms with Crippen LogP contribution in [0.15, 0.2) is 59.5 Å². The molecular formula is C21H29N5O3S. The molecule has 2 amide bonds. The number of benzene rings is 2. The van der Waals surface area contributed by atoms with Gasteiger partial charge in [-0.05, 0) is 43.7 Å². The van der Waals surface area contributed by atoms with Gasteiger partial charge in [0.2, 0.25) is 10.0 Å². The van der Waals surface area contributed by atoms with Gasteiger partial charge in [-0.2, -0.15) is 4.31 Å². The number of amides is 2. The van der Waals surface area contributed by atoms with E-state index in [0.717, 1.165) is 18.7 Å². The molecular weight excluding hydrogens is 402 g/mol. The smallest absolute Gasteiger partial charge is 0.319 e. The van der Waals surface area contributed by atoms with Crippen molar-refractivity contribution in [3.8, 4) is 0 Å². The zero-order chi connectivity index (χ0) is 21.6. The first-order valence-electron chi connectivity index (χ1n) is 10.0. The third-order valence-electron chi connectivity index (χ3n) is 4.93. The average Bonchev–Trinajstić information content (AvgIpc) is 3.25. The summed E-state index contributed by atoms with van der Waals surface area (Å²) in [6, 6.07) is 15.3. The number of nitrogens with zero attached hydrogens (tertiary/aromatic N) is 1. The fraction of sp³-hybridized carbons (Fsp3) is 0.381. The van der Waals surface area contributed by atoms with Crippen LogP contribution in [0, 0.1) is 5.92 Å². The molecule has 4 N–H and O–H groups in total. The predicted molar refractivity (Wildman–Crippen MR) is 117 cm³/mol. The Hall–Kier alpha value is -2.46. The van der Waals surface area contributed by atoms with Gasteiger partial charge in [-0.1, -0.05) is 30.3 Å². The van der Waals surface area contributed by atoms with E-state index in [1.807, 2.05) is 44.2 Å². The summed E-state index contributed by atoms with van der Waals surface area (Å²) in [5.41, 5.74) is 7.49. The molecule has 2 aromatic rings. The Kier molecular flexibility index (Phi) is 7.43. The second-order valence-electron chi connectivity index (χ2n) is 7.62. The van der Waals surface area contributed by atoms with Crippen LogP contribution < -0.4 is 21.5 Å². The summed E-state index contributed by atoms with van der Waals surface area (Å²) in [6.45, 7) is 6.19. The lowest BCUT2D eigenvalue weighted by molar-refractivity contribution is 0.250. The molecule has 9 heteroatoms. The van der Waals surface area contributed by atoms with Gasteiger partial charge in [0.1, 0.15) is 0 Å². The summed E-state index contributed by atoms with van der Waals surface area (Å²) < 4.78 is 27.8. The molecule has 162 valence electrons. The van der Waals surface area contributed by atoms with Gasteiger partial charge in [0, 0.05) is 43.8 Å². The van der Waals surface area contributed by atoms with Crippen molar-refractivity contribution in [3.05, 3.63) is 60.2 Å². The third-order valence-corrected chi connectivity index (χ3v) is 6.97. The molecule has 1 aliphatic heterocycles. The molecule has 1 fully saturated rings. The number of carbonyl (C=O) groups excluding carboxylic acids is 1. The topological polar surface area (TPSA) is 103 Å². The highest BCUT2D eigenvalue weighted by atomic mass is 32.2. The van der Waals surface area contributed by atoms with Crippen molar-refractivity contribution < 1.29 is 13.2 Å². The molecule has 0 unspecified atom stereocenters. The molecule has 1 heterocycles. The van der Waals surface area contributed by atoms with Crippen LogP contribution in [-0.2, 0) is 16.6 Å². The number of urea groups is 1. The highest BCUT2D eigenvalue weighted by Gasteiger charge is 2.27. The second kappa shape index (κ2) is 10.0. The maximum atomic E-state index is 13.2. The Morgan fingerprint density at radius 2 is 1.70 bits per heavy atom. The van der Waals surface area contributed by atoms with Crippen LogP contribution in [0.2, 0.25) is 0 Å². The number of nitrogens with one attached hydrogen (secondary N) is 4. The van der Waals surface area contributed by atoms with Gasteiger partial charge in [0.25, 0.3) is 0 Å². The number of rotatable bonds is 8. The Morgan fingerprint density at radius 3 is 2.30 bits per heavy atom. The minimum Gasteiger partial charge on any atom is -0.337 e. The van der Waals surface area contributed by atoms with E-state index in [9.17, 15) is 13.2 Å². The maximum Gasteiger partial charge on any atom is 0.319 e. The fourth-order valence-electron chi connectivity index (χ4n) is 3.22. The molecule has 30 heavy (non-hydrogen) atoms. The molecule has 1 aliphatic rings. The number of hydrazine groups is 1. The molecule has 0 saturated carbocycles. The van der Waals surface area contributed by atoms with E-state index in [1.165, 1.54) is 16.4 Å². The van der Waals surface area contributed by atoms with Gasteiger partial charge in [0.15, 0.2) is 0 Å². The maximum absolute atomic E-state index is 13.2. The van der Waals surface area contributed by atoms with Crippen molar-refractivity contribution >= 4 is 21.7 Å². The van der Waals surface area contributed by atoms with Gasteiger partial charge < -0.3 is 10.6 Å². The van der Waals surface area contributed by atoms with E-state index in [2.05, 4.69) is 21.5 Å². The summed E-state index contributed by atoms with van der Waals surface area (Å²) in [6.07, 6.45) is 0. The molecule has 1 saturated heterocycles. The highest BCUT2D eigenvalue weighted by molar-refractivity contribution is 7.89. The number of hydrogen-bond acceptors (Lipinski definition) is 5. The van der Waals surface area contributed by atoms with Crippen LogP contribution in [0.25, 0.3) is 0 Å². The van der Waals surface area contributed by atoms with Gasteiger partial charge in [-0.3, -0.25) is 10.9 Å². The minimum absolute atomic E-state index is 0.196. The number of anilines is 1. The molecule has 0 bridgehead atoms. The Balaban J connectivity index is 1.64. The Labute approximate surface area is 178 Å². The van der Waals surface area contributed by atoms with Crippen LogP contribution >= 0.6 is 0 Å². The first-order valence-corrected chi connectivity index (χ1v) is 11.5. The number of hydrogen-bond donors (Lipinski definition) is 4. The second-order valence-corrected chi connectivity index (χ2v) is 9.51. The lowest BCUT2D eigenvalue weighted by atomic mass is 10.2. The summed E-state index contributed by atoms with van der Waals surface area (Å²) in [4.78, 5) is 12.3. The van der Waals surface area contributed by atoms with E-state index in [1.54, 1.807) is 12.1 Å². The van der Waals surface area contributed by atoms with Crippen LogP contribution in [-0.4, -0.2) is 44.4 Å². The van der Waals surface area contributed by atoms with Crippen molar-refractivity contribution in [1.82, 2.24) is 20.5 Å². The van der Waals surface area contributed by atoms with Crippen molar-refractivity contribution in [3.63, 3.8) is 0 Å². The Morgan fingerprint density at radius 1 is 1.07 bits per heavy atom. The number of sulfonamides is 1. The van der Waals surface area contributed by atoms with Crippen LogP contribution in [0.5, 0.6) is 0 Å². The van der Waals surface area contributed by atoms with Crippen molar-refractivity contribution in [2.45, 2.75) is 31.3 Å². The van der Waals surface area contributed by atoms with Gasteiger partial charge in [0.05, 0.1) is 4.90 Å². The van der Waals surface area contributed by atoms with Gasteiger partial charge >= 0.3 is 6.03 Å². The number of carbonyl (C=O) groups is 1. The van der Waals surface area contributed by atoms with Crippen LogP contribution in [0.4, 0.5) is 10.5 Å². The summed E-state index contributed by atoms with van der Waals surface area (Å²) in [5, 5.41) is 5.56. The van der Waals surface area contributed by atoms with Crippen molar-refractivity contribution in [2.75, 3.05) is 25.0 Å². The quantitative estimate of drug-likeness (QED) is 0.513. The molecule has 0 aliphatic carbocycles. The molecule has 0 radical (unpaired) electrons. The van der Waals surface area contributed by atoms with Crippen molar-refractivity contribution in [1.29, 1.82) is 0 Å². The predicted octanol–water partition coefficient (Wildman–Crippen LogP) is 2.13. The summed E-state index contributed by atoms with van der Waals surface area (Å²) in [5.74, 6) is 0.343. The molecule has 8 nitrogen and oxygen atoms in total. The molecule has 0 aromatic heterocycles. The fourth-order valence-corrected chi connectivity index (χ4v) is 4.84. The monoisotopic (exact) mass is 431 g/mol. The van der Waals surface area contributed by atoms with E-state index in [4.69, 9.17) is 0 Å². The highest BCUT2D eigenvalue weighted by Crippen LogP contribution is 2.22. The Bertz CT molecular complexity index is 927. The van der Waals surface area contributed by atoms with E-state index < -0.39 is 10.0 Å². The minimum atomic E-state index is -3.67. The van der Waals surface area contributed by atoms with Gasteiger partial charge in [-0.25, -0.2) is 13.2 Å². The molecule has 0 spiro atoms. The van der Waals surface area contributed by atoms with Crippen LogP contribution in [0.3, 0.4) is 0 Å². The van der Waals surface area contributed by atoms with E-state index in [-0.39, 0.29) is 17.0 Å². The summed E-state index contributed by atoms with van der Waals surface area (Å²) in [7, 11) is -3.67. The molecule has 2 aromatic carbocycles. The van der Waals surface area contributed by atoms with E-state index in [0.29, 0.717) is 24.7 Å². The van der Waals surface area contributed by atoms with Crippen molar-refractivity contribution in [2.24, 2.45) is 5.92 Å². The summed E-state index contributed by atoms with van der Waals surface area (Å²) >= 11 is 0. The van der Waals surface area contributed by atoms with Crippen LogP contribution in [0.1, 0.15) is 19.4 Å². The third kappa shape index (κ3) is 5.79. The normalized spacial score (nSPS) is 14.9. The molecule has 0 atom stereocenters. The lowest BCUT2D eigenvalue weighted by Crippen LogP contribution is -2.36. The van der Waals surface area contributed by atoms with Gasteiger partial charge in [-0.15, -0.1) is 0 Å². The lowest BCUT2D eigenvalue weighted by Gasteiger charge is -2.26. The standard InChI is InChI=1S/C21H29N5O3S/c1-16(2)26(15-17-6-4-3-5-7-17)30(28,29)20-10-8-19(9-11-20)25-21(27)22-12-18-13-23-24-14-18/h3-11,16,18,23-24H,12-15H2,1-2H3,(H2,22,25,27). The zero-order valence-electron chi connectivity index (χ0n) is 17.3. The largest absolute Gasteiger partial charge is 0.337 e. The zero-order valence-corrected chi connectivity index (χ0v) is 18.1. The average molecular weight is 432 g/mol.